The molecule has 0 aliphatic rings. The van der Waals surface area contributed by atoms with Crippen LogP contribution in [0.2, 0.25) is 0 Å². The second kappa shape index (κ2) is 8.18. The lowest BCUT2D eigenvalue weighted by molar-refractivity contribution is 0.424. The Morgan fingerprint density at radius 3 is 2.47 bits per heavy atom. The summed E-state index contributed by atoms with van der Waals surface area (Å²) >= 11 is 0. The van der Waals surface area contributed by atoms with E-state index in [-0.39, 0.29) is 33.1 Å². The van der Waals surface area contributed by atoms with Gasteiger partial charge in [0, 0.05) is 18.7 Å². The Hall–Kier alpha value is -3.97. The van der Waals surface area contributed by atoms with Crippen molar-refractivity contribution < 1.29 is 17.7 Å². The van der Waals surface area contributed by atoms with E-state index in [1.54, 1.807) is 30.3 Å². The van der Waals surface area contributed by atoms with E-state index in [1.165, 1.54) is 44.3 Å². The Morgan fingerprint density at radius 1 is 1.10 bits per heavy atom. The molecule has 0 aliphatic carbocycles. The monoisotopic (exact) mass is 424 g/mol. The average molecular weight is 424 g/mol. The van der Waals surface area contributed by atoms with Crippen molar-refractivity contribution in [2.45, 2.75) is 11.8 Å². The Kier molecular flexibility index (Phi) is 5.66. The first kappa shape index (κ1) is 20.8. The number of hydrogen-bond acceptors (Lipinski definition) is 8. The van der Waals surface area contributed by atoms with Crippen molar-refractivity contribution in [2.75, 3.05) is 0 Å². The summed E-state index contributed by atoms with van der Waals surface area (Å²) in [6, 6.07) is 15.3. The normalized spacial score (nSPS) is 11.4. The number of pyridine rings is 1. The maximum atomic E-state index is 12.3. The molecule has 152 valence electrons. The summed E-state index contributed by atoms with van der Waals surface area (Å²) < 4.78 is 30.7. The largest absolute Gasteiger partial charge is 0.493 e. The highest BCUT2D eigenvalue weighted by Crippen LogP contribution is 2.32. The van der Waals surface area contributed by atoms with Gasteiger partial charge in [-0.2, -0.15) is 18.8 Å². The summed E-state index contributed by atoms with van der Waals surface area (Å²) in [6.45, 7) is 1.47. The lowest BCUT2D eigenvalue weighted by Crippen LogP contribution is -2.20. The minimum atomic E-state index is -4.02. The molecule has 10 heteroatoms. The molecule has 30 heavy (non-hydrogen) atoms. The Balaban J connectivity index is 1.94. The van der Waals surface area contributed by atoms with E-state index in [2.05, 4.69) is 10.2 Å². The van der Waals surface area contributed by atoms with Crippen LogP contribution in [-0.2, 0) is 17.2 Å². The topological polar surface area (TPSA) is 134 Å². The van der Waals surface area contributed by atoms with Crippen LogP contribution in [0.5, 0.6) is 11.6 Å². The van der Waals surface area contributed by atoms with Crippen LogP contribution >= 0.6 is 0 Å². The van der Waals surface area contributed by atoms with Crippen LogP contribution in [0.25, 0.3) is 0 Å². The molecule has 1 aromatic heterocycles. The average Bonchev–Trinajstić information content (AvgIpc) is 2.73. The highest BCUT2D eigenvalue weighted by atomic mass is 32.2. The van der Waals surface area contributed by atoms with E-state index in [1.807, 2.05) is 0 Å². The molecule has 0 spiro atoms. The first-order valence-corrected chi connectivity index (χ1v) is 9.99. The van der Waals surface area contributed by atoms with Crippen LogP contribution in [0.1, 0.15) is 11.1 Å². The van der Waals surface area contributed by atoms with Gasteiger partial charge in [0.15, 0.2) is 5.69 Å². The molecule has 3 rings (SSSR count). The molecular weight excluding hydrogens is 408 g/mol. The van der Waals surface area contributed by atoms with Crippen LogP contribution < -0.4 is 9.74 Å². The minimum Gasteiger partial charge on any atom is -0.493 e. The number of hydrogen-bond donors (Lipinski definition) is 1. The van der Waals surface area contributed by atoms with Crippen molar-refractivity contribution in [3.63, 3.8) is 0 Å². The van der Waals surface area contributed by atoms with Gasteiger partial charge in [-0.1, -0.05) is 24.3 Å². The zero-order valence-electron chi connectivity index (χ0n) is 16.0. The molecular formula is C20H16N4O5S. The van der Waals surface area contributed by atoms with Crippen molar-refractivity contribution >= 4 is 21.5 Å². The van der Waals surface area contributed by atoms with Gasteiger partial charge in [0.1, 0.15) is 22.3 Å². The summed E-state index contributed by atoms with van der Waals surface area (Å²) in [5, 5.41) is 27.3. The van der Waals surface area contributed by atoms with Gasteiger partial charge in [-0.05, 0) is 31.2 Å². The van der Waals surface area contributed by atoms with E-state index < -0.39 is 21.6 Å². The lowest BCUT2D eigenvalue weighted by Gasteiger charge is -2.09. The molecule has 0 radical (unpaired) electrons. The number of aromatic hydroxyl groups is 1. The van der Waals surface area contributed by atoms with Crippen LogP contribution in [0.15, 0.2) is 74.5 Å². The van der Waals surface area contributed by atoms with E-state index in [9.17, 15) is 23.6 Å². The van der Waals surface area contributed by atoms with E-state index >= 15 is 0 Å². The van der Waals surface area contributed by atoms with Gasteiger partial charge in [-0.15, -0.1) is 5.11 Å². The fraction of sp³-hybridized carbons (Fsp3) is 0.100. The first-order chi connectivity index (χ1) is 14.2. The zero-order chi connectivity index (χ0) is 21.9. The molecule has 0 bridgehead atoms. The van der Waals surface area contributed by atoms with Crippen molar-refractivity contribution in [3.8, 4) is 17.7 Å². The third-order valence-electron chi connectivity index (χ3n) is 4.21. The number of azo groups is 1. The minimum absolute atomic E-state index is 0.00631. The summed E-state index contributed by atoms with van der Waals surface area (Å²) in [6.07, 6.45) is 0. The molecule has 0 saturated heterocycles. The van der Waals surface area contributed by atoms with Crippen LogP contribution in [0.3, 0.4) is 0 Å². The fourth-order valence-electron chi connectivity index (χ4n) is 2.59. The number of nitrogens with zero attached hydrogens (tertiary/aromatic N) is 4. The molecule has 1 heterocycles. The van der Waals surface area contributed by atoms with Crippen molar-refractivity contribution in [1.82, 2.24) is 4.57 Å². The molecule has 0 aliphatic heterocycles. The molecule has 3 aromatic rings. The zero-order valence-corrected chi connectivity index (χ0v) is 16.8. The summed E-state index contributed by atoms with van der Waals surface area (Å²) in [5.41, 5.74) is -0.428. The van der Waals surface area contributed by atoms with Gasteiger partial charge in [-0.25, -0.2) is 0 Å². The highest BCUT2D eigenvalue weighted by Gasteiger charge is 2.18. The lowest BCUT2D eigenvalue weighted by atomic mass is 10.1. The standard InChI is InChI=1S/C20H16N4O5S/c1-13-17(12-21)19(25)24(2)20(26)18(13)23-22-14-7-6-8-15(11-14)29-30(27,28)16-9-4-3-5-10-16/h3-11,26H,1-2H3/b23-22+. The van der Waals surface area contributed by atoms with Crippen molar-refractivity contribution in [1.29, 1.82) is 5.26 Å². The first-order valence-electron chi connectivity index (χ1n) is 8.58. The third-order valence-corrected chi connectivity index (χ3v) is 5.47. The number of rotatable bonds is 5. The van der Waals surface area contributed by atoms with E-state index in [0.29, 0.717) is 0 Å². The number of aromatic nitrogens is 1. The van der Waals surface area contributed by atoms with Gasteiger partial charge in [-0.3, -0.25) is 9.36 Å². The van der Waals surface area contributed by atoms with Gasteiger partial charge in [0.05, 0.1) is 5.69 Å². The quantitative estimate of drug-likeness (QED) is 0.492. The molecule has 2 aromatic carbocycles. The molecule has 1 N–H and O–H groups in total. The summed E-state index contributed by atoms with van der Waals surface area (Å²) in [5.74, 6) is -0.422. The molecule has 0 amide bonds. The summed E-state index contributed by atoms with van der Waals surface area (Å²) in [7, 11) is -2.71. The Bertz CT molecular complexity index is 1340. The second-order valence-electron chi connectivity index (χ2n) is 6.20. The van der Waals surface area contributed by atoms with Gasteiger partial charge in [0.25, 0.3) is 5.56 Å². The predicted molar refractivity (Wildman–Crippen MR) is 108 cm³/mol. The fourth-order valence-corrected chi connectivity index (χ4v) is 3.53. The second-order valence-corrected chi connectivity index (χ2v) is 7.74. The molecule has 0 unspecified atom stereocenters. The molecule has 0 saturated carbocycles. The summed E-state index contributed by atoms with van der Waals surface area (Å²) in [4.78, 5) is 12.0. The van der Waals surface area contributed by atoms with Crippen molar-refractivity contribution in [3.05, 3.63) is 76.1 Å². The molecule has 9 nitrogen and oxygen atoms in total. The Morgan fingerprint density at radius 2 is 1.80 bits per heavy atom. The van der Waals surface area contributed by atoms with Gasteiger partial charge in [0.2, 0.25) is 5.88 Å². The maximum absolute atomic E-state index is 12.3. The van der Waals surface area contributed by atoms with Crippen LogP contribution in [-0.4, -0.2) is 18.1 Å². The van der Waals surface area contributed by atoms with E-state index in [0.717, 1.165) is 4.57 Å². The Labute approximate surface area is 172 Å². The SMILES string of the molecule is Cc1c(/N=N/c2cccc(OS(=O)(=O)c3ccccc3)c2)c(O)n(C)c(=O)c1C#N. The van der Waals surface area contributed by atoms with Gasteiger partial charge >= 0.3 is 10.1 Å². The van der Waals surface area contributed by atoms with Crippen LogP contribution in [0.4, 0.5) is 11.4 Å². The van der Waals surface area contributed by atoms with Crippen molar-refractivity contribution in [2.24, 2.45) is 17.3 Å². The maximum Gasteiger partial charge on any atom is 0.339 e. The van der Waals surface area contributed by atoms with E-state index in [4.69, 9.17) is 4.18 Å². The third kappa shape index (κ3) is 4.06. The van der Waals surface area contributed by atoms with Crippen LogP contribution in [0, 0.1) is 18.3 Å². The van der Waals surface area contributed by atoms with Gasteiger partial charge < -0.3 is 9.29 Å². The smallest absolute Gasteiger partial charge is 0.339 e. The highest BCUT2D eigenvalue weighted by molar-refractivity contribution is 7.87. The predicted octanol–water partition coefficient (Wildman–Crippen LogP) is 3.45. The number of nitriles is 1. The number of benzene rings is 2. The molecule has 0 atom stereocenters. The molecule has 0 fully saturated rings.